The number of imidazole rings is 1. The Balaban J connectivity index is 1.57. The van der Waals surface area contributed by atoms with E-state index in [1.165, 1.54) is 0 Å². The first kappa shape index (κ1) is 18.3. The van der Waals surface area contributed by atoms with E-state index in [1.54, 1.807) is 12.1 Å². The first-order valence-corrected chi connectivity index (χ1v) is 9.39. The highest BCUT2D eigenvalue weighted by Gasteiger charge is 2.21. The molecule has 29 heavy (non-hydrogen) atoms. The van der Waals surface area contributed by atoms with Gasteiger partial charge in [0.1, 0.15) is 6.17 Å². The van der Waals surface area contributed by atoms with Crippen LogP contribution in [0.3, 0.4) is 0 Å². The standard InChI is InChI=1S/C17H15Cl2N9O/c18-10-5-12-13(6-11(10)19)28(17(21-12)14-15(20)25-29-24-14)7-8-1-3-9(4-2-8)16-22-26-27-23-16/h1-6,16,22-23,26-27H,7H2,(H2,20,25). The number of fused-ring (bicyclic) bond motifs is 1. The number of hydrogen-bond donors (Lipinski definition) is 5. The number of anilines is 1. The minimum absolute atomic E-state index is 0.0318. The second-order valence-electron chi connectivity index (χ2n) is 6.49. The predicted molar refractivity (Wildman–Crippen MR) is 108 cm³/mol. The topological polar surface area (TPSA) is 131 Å². The second-order valence-corrected chi connectivity index (χ2v) is 7.30. The van der Waals surface area contributed by atoms with Gasteiger partial charge in [-0.2, -0.15) is 11.1 Å². The summed E-state index contributed by atoms with van der Waals surface area (Å²) in [5, 5.41) is 8.42. The van der Waals surface area contributed by atoms with Crippen LogP contribution in [0.4, 0.5) is 5.82 Å². The quantitative estimate of drug-likeness (QED) is 0.329. The van der Waals surface area contributed by atoms with Gasteiger partial charge in [0.2, 0.25) is 0 Å². The van der Waals surface area contributed by atoms with Crippen LogP contribution < -0.4 is 27.7 Å². The molecule has 0 aliphatic carbocycles. The molecule has 0 saturated carbocycles. The molecule has 1 aliphatic heterocycles. The van der Waals surface area contributed by atoms with Gasteiger partial charge in [0.25, 0.3) is 0 Å². The lowest BCUT2D eigenvalue weighted by atomic mass is 10.1. The molecule has 2 aromatic carbocycles. The molecule has 4 aromatic rings. The lowest BCUT2D eigenvalue weighted by Crippen LogP contribution is -2.33. The normalized spacial score (nSPS) is 14.8. The van der Waals surface area contributed by atoms with Crippen LogP contribution in [0.5, 0.6) is 0 Å². The summed E-state index contributed by atoms with van der Waals surface area (Å²) in [5.41, 5.74) is 21.6. The van der Waals surface area contributed by atoms with E-state index >= 15 is 0 Å². The van der Waals surface area contributed by atoms with Crippen LogP contribution in [0.15, 0.2) is 41.0 Å². The number of nitrogens with two attached hydrogens (primary N) is 1. The van der Waals surface area contributed by atoms with Crippen molar-refractivity contribution < 1.29 is 4.63 Å². The van der Waals surface area contributed by atoms with Crippen molar-refractivity contribution >= 4 is 40.1 Å². The van der Waals surface area contributed by atoms with E-state index in [1.807, 2.05) is 28.8 Å². The molecular weight excluding hydrogens is 417 g/mol. The molecule has 6 N–H and O–H groups in total. The van der Waals surface area contributed by atoms with Gasteiger partial charge in [-0.05, 0) is 33.6 Å². The van der Waals surface area contributed by atoms with Crippen LogP contribution in [-0.4, -0.2) is 19.9 Å². The van der Waals surface area contributed by atoms with E-state index in [-0.39, 0.29) is 12.0 Å². The molecule has 1 saturated heterocycles. The van der Waals surface area contributed by atoms with Crippen molar-refractivity contribution in [2.24, 2.45) is 0 Å². The SMILES string of the molecule is Nc1nonc1-c1nc2cc(Cl)c(Cl)cc2n1Cc1ccc(C2NNNN2)cc1. The number of aromatic nitrogens is 4. The minimum Gasteiger partial charge on any atom is -0.379 e. The average molecular weight is 432 g/mol. The highest BCUT2D eigenvalue weighted by molar-refractivity contribution is 6.42. The predicted octanol–water partition coefficient (Wildman–Crippen LogP) is 2.14. The first-order valence-electron chi connectivity index (χ1n) is 8.64. The molecule has 0 unspecified atom stereocenters. The molecule has 0 amide bonds. The van der Waals surface area contributed by atoms with Gasteiger partial charge < -0.3 is 10.3 Å². The van der Waals surface area contributed by atoms with Crippen molar-refractivity contribution in [1.82, 2.24) is 41.8 Å². The van der Waals surface area contributed by atoms with Gasteiger partial charge >= 0.3 is 0 Å². The first-order chi connectivity index (χ1) is 14.1. The van der Waals surface area contributed by atoms with Crippen molar-refractivity contribution in [3.8, 4) is 11.5 Å². The van der Waals surface area contributed by atoms with E-state index in [4.69, 9.17) is 33.6 Å². The van der Waals surface area contributed by atoms with E-state index in [2.05, 4.69) is 37.2 Å². The highest BCUT2D eigenvalue weighted by Crippen LogP contribution is 2.32. The van der Waals surface area contributed by atoms with Gasteiger partial charge in [-0.3, -0.25) is 0 Å². The van der Waals surface area contributed by atoms with Gasteiger partial charge in [0, 0.05) is 6.54 Å². The van der Waals surface area contributed by atoms with E-state index in [0.29, 0.717) is 33.6 Å². The largest absolute Gasteiger partial charge is 0.379 e. The molecule has 0 atom stereocenters. The monoisotopic (exact) mass is 431 g/mol. The zero-order valence-electron chi connectivity index (χ0n) is 14.8. The molecular formula is C17H15Cl2N9O. The zero-order chi connectivity index (χ0) is 20.0. The third-order valence-corrected chi connectivity index (χ3v) is 5.39. The fourth-order valence-corrected chi connectivity index (χ4v) is 3.54. The van der Waals surface area contributed by atoms with Crippen LogP contribution in [0.25, 0.3) is 22.6 Å². The van der Waals surface area contributed by atoms with E-state index in [0.717, 1.165) is 16.6 Å². The molecule has 10 nitrogen and oxygen atoms in total. The summed E-state index contributed by atoms with van der Waals surface area (Å²) in [6, 6.07) is 11.6. The third kappa shape index (κ3) is 3.31. The number of rotatable bonds is 4. The fraction of sp³-hybridized carbons (Fsp3) is 0.118. The van der Waals surface area contributed by atoms with Gasteiger partial charge in [-0.25, -0.2) is 20.5 Å². The Labute approximate surface area is 174 Å². The Morgan fingerprint density at radius 1 is 1.03 bits per heavy atom. The molecule has 12 heteroatoms. The molecule has 0 bridgehead atoms. The van der Waals surface area contributed by atoms with Crippen molar-refractivity contribution in [2.75, 3.05) is 5.73 Å². The molecule has 3 heterocycles. The van der Waals surface area contributed by atoms with E-state index < -0.39 is 0 Å². The number of nitrogen functional groups attached to an aromatic ring is 1. The summed E-state index contributed by atoms with van der Waals surface area (Å²) >= 11 is 12.4. The number of halogens is 2. The number of benzene rings is 2. The van der Waals surface area contributed by atoms with Crippen LogP contribution >= 0.6 is 23.2 Å². The maximum absolute atomic E-state index is 6.25. The lowest BCUT2D eigenvalue weighted by molar-refractivity contribution is 0.310. The average Bonchev–Trinajstić information content (AvgIpc) is 3.45. The maximum Gasteiger partial charge on any atom is 0.199 e. The molecule has 5 rings (SSSR count). The van der Waals surface area contributed by atoms with Crippen molar-refractivity contribution in [2.45, 2.75) is 12.7 Å². The Bertz CT molecular complexity index is 1180. The van der Waals surface area contributed by atoms with Crippen molar-refractivity contribution in [3.63, 3.8) is 0 Å². The summed E-state index contributed by atoms with van der Waals surface area (Å²) in [6.45, 7) is 0.512. The number of hydrogen-bond acceptors (Lipinski definition) is 9. The van der Waals surface area contributed by atoms with Crippen LogP contribution in [0.2, 0.25) is 10.0 Å². The third-order valence-electron chi connectivity index (χ3n) is 4.67. The second kappa shape index (κ2) is 7.26. The number of hydrazine groups is 3. The number of nitrogens with zero attached hydrogens (tertiary/aromatic N) is 4. The van der Waals surface area contributed by atoms with Gasteiger partial charge in [-0.1, -0.05) is 47.5 Å². The smallest absolute Gasteiger partial charge is 0.199 e. The Hall–Kier alpha value is -2.73. The summed E-state index contributed by atoms with van der Waals surface area (Å²) in [5.74, 6) is 0.682. The summed E-state index contributed by atoms with van der Waals surface area (Å²) in [7, 11) is 0. The van der Waals surface area contributed by atoms with Crippen LogP contribution in [-0.2, 0) is 6.54 Å². The van der Waals surface area contributed by atoms with Crippen molar-refractivity contribution in [1.29, 1.82) is 0 Å². The van der Waals surface area contributed by atoms with Gasteiger partial charge in [0.05, 0.1) is 21.1 Å². The lowest BCUT2D eigenvalue weighted by Gasteiger charge is -2.12. The highest BCUT2D eigenvalue weighted by atomic mass is 35.5. The Kier molecular flexibility index (Phi) is 4.59. The molecule has 0 radical (unpaired) electrons. The summed E-state index contributed by atoms with van der Waals surface area (Å²) in [4.78, 5) is 4.64. The van der Waals surface area contributed by atoms with Gasteiger partial charge in [-0.15, -0.1) is 0 Å². The minimum atomic E-state index is -0.0318. The molecule has 0 spiro atoms. The summed E-state index contributed by atoms with van der Waals surface area (Å²) < 4.78 is 6.72. The molecule has 2 aromatic heterocycles. The Morgan fingerprint density at radius 2 is 1.76 bits per heavy atom. The molecule has 1 fully saturated rings. The zero-order valence-corrected chi connectivity index (χ0v) is 16.3. The molecule has 1 aliphatic rings. The van der Waals surface area contributed by atoms with Crippen LogP contribution in [0.1, 0.15) is 17.3 Å². The van der Waals surface area contributed by atoms with E-state index in [9.17, 15) is 0 Å². The maximum atomic E-state index is 6.25. The molecule has 148 valence electrons. The Morgan fingerprint density at radius 3 is 2.45 bits per heavy atom. The fourth-order valence-electron chi connectivity index (χ4n) is 3.23. The van der Waals surface area contributed by atoms with Crippen molar-refractivity contribution in [3.05, 3.63) is 57.6 Å². The summed E-state index contributed by atoms with van der Waals surface area (Å²) in [6.07, 6.45) is -0.0318. The van der Waals surface area contributed by atoms with Crippen LogP contribution in [0, 0.1) is 0 Å². The van der Waals surface area contributed by atoms with Gasteiger partial charge in [0.15, 0.2) is 17.3 Å². The number of nitrogens with one attached hydrogen (secondary N) is 4.